The SMILES string of the molecule is COC(=O)c1ccc2c(c1)nc(NC(=O)c1cccc(C(F)(F)F)c1)n2-c1cccc(NC(=O)OC(C)(C)C)c1. The standard InChI is InChI=1S/C28H25F3N4O5/c1-27(2,3)40-26(38)32-19-9-6-10-20(15-19)35-22-12-11-17(24(37)39-4)14-21(22)33-25(35)34-23(36)16-7-5-8-18(13-16)28(29,30)31/h5-15H,1-4H3,(H,32,38)(H,33,34,36). The number of fused-ring (bicyclic) bond motifs is 1. The van der Waals surface area contributed by atoms with E-state index in [9.17, 15) is 27.6 Å². The Labute approximate surface area is 226 Å². The minimum absolute atomic E-state index is 0.0335. The van der Waals surface area contributed by atoms with Crippen molar-refractivity contribution >= 4 is 40.6 Å². The molecule has 0 spiro atoms. The van der Waals surface area contributed by atoms with E-state index in [2.05, 4.69) is 15.6 Å². The minimum atomic E-state index is -4.63. The van der Waals surface area contributed by atoms with E-state index in [-0.39, 0.29) is 17.1 Å². The summed E-state index contributed by atoms with van der Waals surface area (Å²) in [5.74, 6) is -1.47. The minimum Gasteiger partial charge on any atom is -0.465 e. The van der Waals surface area contributed by atoms with Crippen LogP contribution in [0.15, 0.2) is 66.7 Å². The van der Waals surface area contributed by atoms with Crippen LogP contribution < -0.4 is 10.6 Å². The molecule has 0 atom stereocenters. The van der Waals surface area contributed by atoms with Crippen LogP contribution in [0.1, 0.15) is 47.1 Å². The van der Waals surface area contributed by atoms with Crippen LogP contribution in [0.3, 0.4) is 0 Å². The van der Waals surface area contributed by atoms with Gasteiger partial charge in [-0.05, 0) is 75.4 Å². The Balaban J connectivity index is 1.77. The Bertz CT molecular complexity index is 1610. The molecule has 0 unspecified atom stereocenters. The molecule has 0 bridgehead atoms. The summed E-state index contributed by atoms with van der Waals surface area (Å²) in [6, 6.07) is 15.1. The topological polar surface area (TPSA) is 112 Å². The number of carbonyl (C=O) groups excluding carboxylic acids is 3. The second-order valence-electron chi connectivity index (χ2n) is 9.68. The first-order chi connectivity index (χ1) is 18.7. The molecule has 3 aromatic carbocycles. The number of carbonyl (C=O) groups is 3. The molecule has 208 valence electrons. The van der Waals surface area contributed by atoms with Crippen LogP contribution in [-0.2, 0) is 15.7 Å². The number of alkyl halides is 3. The van der Waals surface area contributed by atoms with Gasteiger partial charge in [-0.2, -0.15) is 13.2 Å². The number of nitrogens with one attached hydrogen (secondary N) is 2. The summed E-state index contributed by atoms with van der Waals surface area (Å²) in [5.41, 5.74) is -0.150. The van der Waals surface area contributed by atoms with Crippen LogP contribution in [-0.4, -0.2) is 40.2 Å². The van der Waals surface area contributed by atoms with Gasteiger partial charge in [0.2, 0.25) is 5.95 Å². The average molecular weight is 555 g/mol. The Morgan fingerprint density at radius 1 is 0.875 bits per heavy atom. The third-order valence-electron chi connectivity index (χ3n) is 5.50. The first kappa shape index (κ1) is 28.1. The summed E-state index contributed by atoms with van der Waals surface area (Å²) in [6.07, 6.45) is -5.31. The molecule has 4 rings (SSSR count). The van der Waals surface area contributed by atoms with E-state index in [0.717, 1.165) is 18.2 Å². The van der Waals surface area contributed by atoms with Gasteiger partial charge in [0, 0.05) is 11.3 Å². The fourth-order valence-corrected chi connectivity index (χ4v) is 3.82. The summed E-state index contributed by atoms with van der Waals surface area (Å²) in [6.45, 7) is 5.17. The predicted octanol–water partition coefficient (Wildman–Crippen LogP) is 6.43. The van der Waals surface area contributed by atoms with Crippen molar-refractivity contribution in [1.82, 2.24) is 9.55 Å². The third kappa shape index (κ3) is 6.40. The summed E-state index contributed by atoms with van der Waals surface area (Å²) >= 11 is 0. The van der Waals surface area contributed by atoms with Gasteiger partial charge in [0.25, 0.3) is 5.91 Å². The molecule has 12 heteroatoms. The van der Waals surface area contributed by atoms with E-state index in [4.69, 9.17) is 9.47 Å². The zero-order valence-electron chi connectivity index (χ0n) is 21.9. The van der Waals surface area contributed by atoms with Crippen LogP contribution in [0.5, 0.6) is 0 Å². The lowest BCUT2D eigenvalue weighted by molar-refractivity contribution is -0.137. The van der Waals surface area contributed by atoms with Gasteiger partial charge in [-0.1, -0.05) is 12.1 Å². The number of esters is 1. The van der Waals surface area contributed by atoms with Gasteiger partial charge >= 0.3 is 18.2 Å². The van der Waals surface area contributed by atoms with Crippen molar-refractivity contribution < 1.29 is 37.0 Å². The number of aromatic nitrogens is 2. The average Bonchev–Trinajstić information content (AvgIpc) is 3.23. The van der Waals surface area contributed by atoms with Crippen LogP contribution in [0.2, 0.25) is 0 Å². The second-order valence-corrected chi connectivity index (χ2v) is 9.68. The highest BCUT2D eigenvalue weighted by Crippen LogP contribution is 2.31. The van der Waals surface area contributed by atoms with E-state index in [1.165, 1.54) is 29.9 Å². The number of anilines is 2. The molecule has 0 aliphatic carbocycles. The molecule has 1 heterocycles. The number of methoxy groups -OCH3 is 1. The highest BCUT2D eigenvalue weighted by Gasteiger charge is 2.31. The number of benzene rings is 3. The molecule has 40 heavy (non-hydrogen) atoms. The zero-order chi connectivity index (χ0) is 29.2. The van der Waals surface area contributed by atoms with Crippen LogP contribution in [0.25, 0.3) is 16.7 Å². The Morgan fingerprint density at radius 3 is 2.27 bits per heavy atom. The molecule has 9 nitrogen and oxygen atoms in total. The third-order valence-corrected chi connectivity index (χ3v) is 5.50. The number of rotatable bonds is 5. The number of ether oxygens (including phenoxy) is 2. The largest absolute Gasteiger partial charge is 0.465 e. The van der Waals surface area contributed by atoms with Crippen molar-refractivity contribution in [2.24, 2.45) is 0 Å². The summed E-state index contributed by atoms with van der Waals surface area (Å²) < 4.78 is 51.2. The lowest BCUT2D eigenvalue weighted by Gasteiger charge is -2.20. The van der Waals surface area contributed by atoms with E-state index < -0.39 is 35.3 Å². The van der Waals surface area contributed by atoms with Gasteiger partial charge in [0.15, 0.2) is 0 Å². The van der Waals surface area contributed by atoms with Crippen LogP contribution in [0.4, 0.5) is 29.6 Å². The molecule has 0 saturated carbocycles. The molecule has 4 aromatic rings. The lowest BCUT2D eigenvalue weighted by atomic mass is 10.1. The van der Waals surface area contributed by atoms with E-state index in [1.54, 1.807) is 51.1 Å². The molecule has 0 radical (unpaired) electrons. The van der Waals surface area contributed by atoms with Gasteiger partial charge in [-0.3, -0.25) is 20.0 Å². The van der Waals surface area contributed by atoms with Crippen molar-refractivity contribution in [1.29, 1.82) is 0 Å². The fourth-order valence-electron chi connectivity index (χ4n) is 3.82. The number of hydrogen-bond donors (Lipinski definition) is 2. The van der Waals surface area contributed by atoms with Crippen LogP contribution >= 0.6 is 0 Å². The Kier molecular flexibility index (Phi) is 7.54. The van der Waals surface area contributed by atoms with Crippen molar-refractivity contribution in [3.05, 3.63) is 83.4 Å². The molecule has 2 N–H and O–H groups in total. The molecular weight excluding hydrogens is 529 g/mol. The maximum Gasteiger partial charge on any atom is 0.416 e. The van der Waals surface area contributed by atoms with Gasteiger partial charge in [-0.15, -0.1) is 0 Å². The maximum absolute atomic E-state index is 13.2. The van der Waals surface area contributed by atoms with E-state index in [1.807, 2.05) is 0 Å². The van der Waals surface area contributed by atoms with Crippen molar-refractivity contribution in [2.45, 2.75) is 32.5 Å². The first-order valence-corrected chi connectivity index (χ1v) is 11.9. The van der Waals surface area contributed by atoms with E-state index in [0.29, 0.717) is 22.4 Å². The number of hydrogen-bond acceptors (Lipinski definition) is 6. The molecular formula is C28H25F3N4O5. The van der Waals surface area contributed by atoms with Gasteiger partial charge in [0.05, 0.1) is 35.0 Å². The quantitative estimate of drug-likeness (QED) is 0.275. The van der Waals surface area contributed by atoms with Gasteiger partial charge < -0.3 is 9.47 Å². The summed E-state index contributed by atoms with van der Waals surface area (Å²) in [4.78, 5) is 41.8. The van der Waals surface area contributed by atoms with Crippen molar-refractivity contribution in [3.8, 4) is 5.69 Å². The molecule has 0 saturated heterocycles. The second kappa shape index (κ2) is 10.7. The van der Waals surface area contributed by atoms with Crippen LogP contribution in [0, 0.1) is 0 Å². The number of imidazole rings is 1. The van der Waals surface area contributed by atoms with Gasteiger partial charge in [-0.25, -0.2) is 14.6 Å². The van der Waals surface area contributed by atoms with Crippen molar-refractivity contribution in [2.75, 3.05) is 17.7 Å². The predicted molar refractivity (Wildman–Crippen MR) is 142 cm³/mol. The summed E-state index contributed by atoms with van der Waals surface area (Å²) in [5, 5.41) is 5.20. The van der Waals surface area contributed by atoms with Crippen molar-refractivity contribution in [3.63, 3.8) is 0 Å². The highest BCUT2D eigenvalue weighted by molar-refractivity contribution is 6.05. The normalized spacial score (nSPS) is 11.7. The number of halogens is 3. The monoisotopic (exact) mass is 554 g/mol. The van der Waals surface area contributed by atoms with Gasteiger partial charge in [0.1, 0.15) is 5.60 Å². The lowest BCUT2D eigenvalue weighted by Crippen LogP contribution is -2.27. The Hall–Kier alpha value is -4.87. The molecule has 2 amide bonds. The smallest absolute Gasteiger partial charge is 0.416 e. The molecule has 0 aliphatic rings. The molecule has 1 aromatic heterocycles. The first-order valence-electron chi connectivity index (χ1n) is 11.9. The molecule has 0 fully saturated rings. The molecule has 0 aliphatic heterocycles. The highest BCUT2D eigenvalue weighted by atomic mass is 19.4. The maximum atomic E-state index is 13.2. The number of amides is 2. The zero-order valence-corrected chi connectivity index (χ0v) is 21.9. The Morgan fingerprint density at radius 2 is 1.60 bits per heavy atom. The number of nitrogens with zero attached hydrogens (tertiary/aromatic N) is 2. The summed E-state index contributed by atoms with van der Waals surface area (Å²) in [7, 11) is 1.23. The van der Waals surface area contributed by atoms with E-state index >= 15 is 0 Å². The fraction of sp³-hybridized carbons (Fsp3) is 0.214.